The molecule has 1 aliphatic rings. The third-order valence-corrected chi connectivity index (χ3v) is 5.51. The summed E-state index contributed by atoms with van der Waals surface area (Å²) in [6.07, 6.45) is 0. The minimum absolute atomic E-state index is 0.131. The van der Waals surface area contributed by atoms with Crippen LogP contribution < -0.4 is 10.5 Å². The summed E-state index contributed by atoms with van der Waals surface area (Å²) in [7, 11) is -3.63. The van der Waals surface area contributed by atoms with Gasteiger partial charge in [-0.1, -0.05) is 24.3 Å². The van der Waals surface area contributed by atoms with Gasteiger partial charge in [0.05, 0.1) is 10.9 Å². The van der Waals surface area contributed by atoms with Gasteiger partial charge in [0.15, 0.2) is 0 Å². The van der Waals surface area contributed by atoms with Crippen molar-refractivity contribution in [3.63, 3.8) is 0 Å². The fraction of sp³-hybridized carbons (Fsp3) is 0.200. The predicted octanol–water partition coefficient (Wildman–Crippen LogP) is 2.73. The Morgan fingerprint density at radius 2 is 1.81 bits per heavy atom. The fourth-order valence-corrected chi connectivity index (χ4v) is 4.06. The second-order valence-electron chi connectivity index (χ2n) is 4.98. The average Bonchev–Trinajstić information content (AvgIpc) is 2.47. The molecule has 3 rings (SSSR count). The molecule has 4 nitrogen and oxygen atoms in total. The van der Waals surface area contributed by atoms with Gasteiger partial charge in [-0.25, -0.2) is 13.6 Å². The van der Waals surface area contributed by atoms with E-state index in [1.165, 1.54) is 23.3 Å². The number of hydrogen-bond acceptors (Lipinski definition) is 4. The van der Waals surface area contributed by atoms with E-state index < -0.39 is 10.0 Å². The average molecular weight is 320 g/mol. The van der Waals surface area contributed by atoms with Crippen molar-refractivity contribution in [1.29, 1.82) is 0 Å². The Bertz CT molecular complexity index is 743. The molecule has 2 aromatic carbocycles. The summed E-state index contributed by atoms with van der Waals surface area (Å²) in [6.45, 7) is 0. The van der Waals surface area contributed by atoms with Crippen LogP contribution in [0.25, 0.3) is 0 Å². The van der Waals surface area contributed by atoms with E-state index in [9.17, 15) is 8.42 Å². The minimum atomic E-state index is -3.63. The molecule has 1 atom stereocenters. The molecule has 0 radical (unpaired) electrons. The van der Waals surface area contributed by atoms with Crippen LogP contribution in [0.15, 0.2) is 53.4 Å². The van der Waals surface area contributed by atoms with Crippen molar-refractivity contribution in [1.82, 2.24) is 0 Å². The molecule has 0 bridgehead atoms. The van der Waals surface area contributed by atoms with E-state index in [0.29, 0.717) is 0 Å². The van der Waals surface area contributed by atoms with E-state index in [2.05, 4.69) is 23.5 Å². The zero-order chi connectivity index (χ0) is 14.9. The third-order valence-electron chi connectivity index (χ3n) is 3.50. The van der Waals surface area contributed by atoms with Crippen LogP contribution in [0.5, 0.6) is 0 Å². The van der Waals surface area contributed by atoms with Crippen LogP contribution in [-0.2, 0) is 15.8 Å². The van der Waals surface area contributed by atoms with Crippen LogP contribution in [-0.4, -0.2) is 14.2 Å². The van der Waals surface area contributed by atoms with Gasteiger partial charge in [0.1, 0.15) is 0 Å². The Morgan fingerprint density at radius 3 is 2.52 bits per heavy atom. The standard InChI is InChI=1S/C15H16N2O2S2/c16-21(18,19)13-7-5-12(6-8-13)17-15-10-20-9-11-3-1-2-4-14(11)15/h1-8,15,17H,9-10H2,(H2,16,18,19). The van der Waals surface area contributed by atoms with Crippen molar-refractivity contribution in [2.45, 2.75) is 16.7 Å². The lowest BCUT2D eigenvalue weighted by molar-refractivity contribution is 0.598. The van der Waals surface area contributed by atoms with Crippen molar-refractivity contribution in [3.8, 4) is 0 Å². The molecule has 0 saturated carbocycles. The van der Waals surface area contributed by atoms with Gasteiger partial charge in [0.25, 0.3) is 0 Å². The van der Waals surface area contributed by atoms with Crippen LogP contribution in [0.2, 0.25) is 0 Å². The Morgan fingerprint density at radius 1 is 1.10 bits per heavy atom. The number of sulfonamides is 1. The molecular formula is C15H16N2O2S2. The monoisotopic (exact) mass is 320 g/mol. The summed E-state index contributed by atoms with van der Waals surface area (Å²) in [5.41, 5.74) is 3.56. The zero-order valence-electron chi connectivity index (χ0n) is 11.3. The Labute approximate surface area is 128 Å². The van der Waals surface area contributed by atoms with E-state index in [1.54, 1.807) is 12.1 Å². The van der Waals surface area contributed by atoms with Crippen molar-refractivity contribution < 1.29 is 8.42 Å². The van der Waals surface area contributed by atoms with Gasteiger partial charge in [0, 0.05) is 17.2 Å². The lowest BCUT2D eigenvalue weighted by Gasteiger charge is -2.27. The summed E-state index contributed by atoms with van der Waals surface area (Å²) >= 11 is 1.89. The summed E-state index contributed by atoms with van der Waals surface area (Å²) in [4.78, 5) is 0.131. The van der Waals surface area contributed by atoms with Gasteiger partial charge < -0.3 is 5.32 Å². The third kappa shape index (κ3) is 3.23. The molecule has 6 heteroatoms. The number of anilines is 1. The molecule has 0 saturated heterocycles. The van der Waals surface area contributed by atoms with Crippen LogP contribution in [0.4, 0.5) is 5.69 Å². The molecule has 0 aliphatic carbocycles. The summed E-state index contributed by atoms with van der Waals surface area (Å²) < 4.78 is 22.5. The quantitative estimate of drug-likeness (QED) is 0.912. The van der Waals surface area contributed by atoms with Crippen LogP contribution >= 0.6 is 11.8 Å². The topological polar surface area (TPSA) is 72.2 Å². The van der Waals surface area contributed by atoms with E-state index in [1.807, 2.05) is 17.8 Å². The molecule has 1 unspecified atom stereocenters. The Hall–Kier alpha value is -1.50. The molecule has 0 aromatic heterocycles. The first-order chi connectivity index (χ1) is 10.0. The maximum Gasteiger partial charge on any atom is 0.238 e. The lowest BCUT2D eigenvalue weighted by atomic mass is 10.0. The van der Waals surface area contributed by atoms with Crippen molar-refractivity contribution in [3.05, 3.63) is 59.7 Å². The number of nitrogens with two attached hydrogens (primary N) is 1. The molecule has 0 fully saturated rings. The van der Waals surface area contributed by atoms with Gasteiger partial charge in [-0.05, 0) is 35.4 Å². The second kappa shape index (κ2) is 5.71. The molecule has 110 valence electrons. The molecule has 3 N–H and O–H groups in total. The molecule has 0 amide bonds. The molecule has 1 heterocycles. The summed E-state index contributed by atoms with van der Waals surface area (Å²) in [5.74, 6) is 2.03. The number of primary sulfonamides is 1. The highest BCUT2D eigenvalue weighted by atomic mass is 32.2. The maximum atomic E-state index is 11.3. The van der Waals surface area contributed by atoms with Crippen molar-refractivity contribution in [2.24, 2.45) is 5.14 Å². The van der Waals surface area contributed by atoms with Crippen molar-refractivity contribution in [2.75, 3.05) is 11.1 Å². The van der Waals surface area contributed by atoms with E-state index in [-0.39, 0.29) is 10.9 Å². The number of fused-ring (bicyclic) bond motifs is 1. The molecule has 2 aromatic rings. The van der Waals surface area contributed by atoms with Crippen LogP contribution in [0.1, 0.15) is 17.2 Å². The number of rotatable bonds is 3. The number of thioether (sulfide) groups is 1. The van der Waals surface area contributed by atoms with Gasteiger partial charge >= 0.3 is 0 Å². The summed E-state index contributed by atoms with van der Waals surface area (Å²) in [6, 6.07) is 15.2. The van der Waals surface area contributed by atoms with Gasteiger partial charge in [0.2, 0.25) is 10.0 Å². The first kappa shape index (κ1) is 14.4. The first-order valence-corrected chi connectivity index (χ1v) is 9.29. The van der Waals surface area contributed by atoms with E-state index >= 15 is 0 Å². The van der Waals surface area contributed by atoms with E-state index in [4.69, 9.17) is 5.14 Å². The molecule has 21 heavy (non-hydrogen) atoms. The van der Waals surface area contributed by atoms with Crippen LogP contribution in [0.3, 0.4) is 0 Å². The number of hydrogen-bond donors (Lipinski definition) is 2. The predicted molar refractivity (Wildman–Crippen MR) is 86.8 cm³/mol. The van der Waals surface area contributed by atoms with E-state index in [0.717, 1.165) is 17.2 Å². The first-order valence-electron chi connectivity index (χ1n) is 6.59. The lowest BCUT2D eigenvalue weighted by Crippen LogP contribution is -2.18. The molecule has 0 spiro atoms. The molecular weight excluding hydrogens is 304 g/mol. The fourth-order valence-electron chi connectivity index (χ4n) is 2.44. The van der Waals surface area contributed by atoms with Gasteiger partial charge in [-0.2, -0.15) is 11.8 Å². The smallest absolute Gasteiger partial charge is 0.238 e. The Kier molecular flexibility index (Phi) is 3.93. The van der Waals surface area contributed by atoms with Crippen molar-refractivity contribution >= 4 is 27.5 Å². The van der Waals surface area contributed by atoms with Gasteiger partial charge in [-0.3, -0.25) is 0 Å². The highest BCUT2D eigenvalue weighted by Gasteiger charge is 2.19. The molecule has 1 aliphatic heterocycles. The second-order valence-corrected chi connectivity index (χ2v) is 7.57. The SMILES string of the molecule is NS(=O)(=O)c1ccc(NC2CSCc3ccccc32)cc1. The zero-order valence-corrected chi connectivity index (χ0v) is 13.0. The largest absolute Gasteiger partial charge is 0.377 e. The highest BCUT2D eigenvalue weighted by molar-refractivity contribution is 7.98. The van der Waals surface area contributed by atoms with Gasteiger partial charge in [-0.15, -0.1) is 0 Å². The maximum absolute atomic E-state index is 11.3. The highest BCUT2D eigenvalue weighted by Crippen LogP contribution is 2.33. The Balaban J connectivity index is 1.82. The number of benzene rings is 2. The van der Waals surface area contributed by atoms with Crippen LogP contribution in [0, 0.1) is 0 Å². The normalized spacial score (nSPS) is 18.0. The summed E-state index contributed by atoms with van der Waals surface area (Å²) in [5, 5.41) is 8.56. The number of nitrogens with one attached hydrogen (secondary N) is 1. The minimum Gasteiger partial charge on any atom is -0.377 e.